The summed E-state index contributed by atoms with van der Waals surface area (Å²) < 4.78 is 0. The van der Waals surface area contributed by atoms with E-state index in [0.29, 0.717) is 31.5 Å². The first-order valence-electron chi connectivity index (χ1n) is 6.04. The van der Waals surface area contributed by atoms with Crippen LogP contribution in [0.3, 0.4) is 0 Å². The molecule has 5 nitrogen and oxygen atoms in total. The van der Waals surface area contributed by atoms with Crippen molar-refractivity contribution in [3.05, 3.63) is 35.9 Å². The van der Waals surface area contributed by atoms with Gasteiger partial charge in [-0.15, -0.1) is 0 Å². The van der Waals surface area contributed by atoms with Crippen molar-refractivity contribution in [1.29, 1.82) is 0 Å². The van der Waals surface area contributed by atoms with Crippen LogP contribution in [0.1, 0.15) is 24.5 Å². The summed E-state index contributed by atoms with van der Waals surface area (Å²) in [7, 11) is 0. The molecule has 1 heterocycles. The van der Waals surface area contributed by atoms with Crippen LogP contribution in [-0.2, 0) is 9.68 Å². The van der Waals surface area contributed by atoms with Crippen molar-refractivity contribution in [1.82, 2.24) is 4.90 Å². The fourth-order valence-corrected chi connectivity index (χ4v) is 2.13. The minimum Gasteiger partial charge on any atom is -0.378 e. The zero-order valence-corrected chi connectivity index (χ0v) is 10.0. The molecular formula is C13H17NO4. The lowest BCUT2D eigenvalue weighted by Crippen LogP contribution is -2.42. The van der Waals surface area contributed by atoms with E-state index in [2.05, 4.69) is 4.89 Å². The van der Waals surface area contributed by atoms with E-state index in [1.807, 2.05) is 6.07 Å². The molecule has 0 saturated carbocycles. The molecule has 0 aromatic heterocycles. The minimum absolute atomic E-state index is 0.206. The predicted octanol–water partition coefficient (Wildman–Crippen LogP) is 1.20. The van der Waals surface area contributed by atoms with Crippen molar-refractivity contribution < 1.29 is 20.0 Å². The summed E-state index contributed by atoms with van der Waals surface area (Å²) in [6.07, 6.45) is -0.145. The van der Waals surface area contributed by atoms with Crippen LogP contribution < -0.4 is 0 Å². The molecule has 1 aliphatic heterocycles. The molecule has 1 amide bonds. The van der Waals surface area contributed by atoms with Crippen LogP contribution in [0.25, 0.3) is 0 Å². The highest BCUT2D eigenvalue weighted by Crippen LogP contribution is 2.19. The number of nitrogens with zero attached hydrogens (tertiary/aromatic N) is 1. The average molecular weight is 251 g/mol. The molecule has 1 aromatic carbocycles. The number of hydrogen-bond donors (Lipinski definition) is 2. The maximum atomic E-state index is 12.1. The van der Waals surface area contributed by atoms with Crippen molar-refractivity contribution in [3.8, 4) is 0 Å². The number of aliphatic hydroxyl groups is 1. The smallest absolute Gasteiger partial charge is 0.256 e. The van der Waals surface area contributed by atoms with Gasteiger partial charge in [0.15, 0.2) is 6.10 Å². The molecule has 2 rings (SSSR count). The van der Waals surface area contributed by atoms with Gasteiger partial charge in [0.25, 0.3) is 5.91 Å². The monoisotopic (exact) mass is 251 g/mol. The Morgan fingerprint density at radius 1 is 1.28 bits per heavy atom. The Labute approximate surface area is 106 Å². The molecule has 0 spiro atoms. The van der Waals surface area contributed by atoms with Gasteiger partial charge in [0, 0.05) is 13.1 Å². The molecule has 98 valence electrons. The number of hydrogen-bond acceptors (Lipinski definition) is 4. The minimum atomic E-state index is -1.11. The van der Waals surface area contributed by atoms with Gasteiger partial charge in [0.1, 0.15) is 0 Å². The van der Waals surface area contributed by atoms with Crippen LogP contribution in [0.5, 0.6) is 0 Å². The molecule has 1 saturated heterocycles. The van der Waals surface area contributed by atoms with Gasteiger partial charge in [-0.2, -0.15) is 0 Å². The number of carbonyl (C=O) groups excluding carboxylic acids is 1. The first-order chi connectivity index (χ1) is 8.72. The Hall–Kier alpha value is -1.43. The molecule has 2 N–H and O–H groups in total. The lowest BCUT2D eigenvalue weighted by atomic mass is 10.0. The number of rotatable bonds is 3. The number of piperidine rings is 1. The Morgan fingerprint density at radius 3 is 2.44 bits per heavy atom. The topological polar surface area (TPSA) is 70.0 Å². The highest BCUT2D eigenvalue weighted by atomic mass is 17.1. The zero-order chi connectivity index (χ0) is 13.0. The van der Waals surface area contributed by atoms with E-state index in [-0.39, 0.29) is 12.0 Å². The summed E-state index contributed by atoms with van der Waals surface area (Å²) in [6.45, 7) is 0.988. The van der Waals surface area contributed by atoms with Crippen molar-refractivity contribution in [2.24, 2.45) is 0 Å². The third kappa shape index (κ3) is 2.87. The highest BCUT2D eigenvalue weighted by Gasteiger charge is 2.28. The molecule has 1 atom stereocenters. The standard InChI is InChI=1S/C13H17NO4/c15-12(10-4-2-1-3-5-10)13(16)14-8-6-11(18-17)7-9-14/h1-5,11-12,15,17H,6-9H2. The second kappa shape index (κ2) is 5.95. The number of benzene rings is 1. The van der Waals surface area contributed by atoms with Crippen LogP contribution >= 0.6 is 0 Å². The number of likely N-dealkylation sites (tertiary alicyclic amines) is 1. The normalized spacial score (nSPS) is 18.7. The number of aliphatic hydroxyl groups excluding tert-OH is 1. The van der Waals surface area contributed by atoms with Crippen LogP contribution in [-0.4, -0.2) is 40.4 Å². The molecule has 0 aliphatic carbocycles. The van der Waals surface area contributed by atoms with E-state index < -0.39 is 6.10 Å². The van der Waals surface area contributed by atoms with Gasteiger partial charge in [-0.05, 0) is 18.4 Å². The van der Waals surface area contributed by atoms with Gasteiger partial charge in [0.2, 0.25) is 0 Å². The maximum Gasteiger partial charge on any atom is 0.256 e. The van der Waals surface area contributed by atoms with Gasteiger partial charge in [-0.3, -0.25) is 10.1 Å². The van der Waals surface area contributed by atoms with Crippen LogP contribution in [0.4, 0.5) is 0 Å². The van der Waals surface area contributed by atoms with E-state index in [1.54, 1.807) is 29.2 Å². The van der Waals surface area contributed by atoms with Crippen molar-refractivity contribution >= 4 is 5.91 Å². The van der Waals surface area contributed by atoms with Gasteiger partial charge in [-0.25, -0.2) is 4.89 Å². The number of amides is 1. The highest BCUT2D eigenvalue weighted by molar-refractivity contribution is 5.82. The molecule has 0 radical (unpaired) electrons. The third-order valence-electron chi connectivity index (χ3n) is 3.25. The van der Waals surface area contributed by atoms with E-state index >= 15 is 0 Å². The Kier molecular flexibility index (Phi) is 4.30. The first-order valence-corrected chi connectivity index (χ1v) is 6.04. The van der Waals surface area contributed by atoms with E-state index in [4.69, 9.17) is 5.26 Å². The molecule has 1 aliphatic rings. The molecule has 1 unspecified atom stereocenters. The lowest BCUT2D eigenvalue weighted by Gasteiger charge is -2.31. The van der Waals surface area contributed by atoms with Gasteiger partial charge in [-0.1, -0.05) is 30.3 Å². The molecular weight excluding hydrogens is 234 g/mol. The summed E-state index contributed by atoms with van der Waals surface area (Å²) in [5, 5.41) is 18.5. The Bertz CT molecular complexity index is 387. The summed E-state index contributed by atoms with van der Waals surface area (Å²) in [4.78, 5) is 17.9. The van der Waals surface area contributed by atoms with Crippen molar-refractivity contribution in [2.75, 3.05) is 13.1 Å². The van der Waals surface area contributed by atoms with E-state index in [9.17, 15) is 9.90 Å². The molecule has 1 fully saturated rings. The average Bonchev–Trinajstić information content (AvgIpc) is 2.47. The fourth-order valence-electron chi connectivity index (χ4n) is 2.13. The third-order valence-corrected chi connectivity index (χ3v) is 3.25. The molecule has 0 bridgehead atoms. The maximum absolute atomic E-state index is 12.1. The Balaban J connectivity index is 1.96. The quantitative estimate of drug-likeness (QED) is 0.625. The summed E-state index contributed by atoms with van der Waals surface area (Å²) in [5.74, 6) is -0.294. The summed E-state index contributed by atoms with van der Waals surface area (Å²) in [5.41, 5.74) is 0.600. The fraction of sp³-hybridized carbons (Fsp3) is 0.462. The van der Waals surface area contributed by atoms with Crippen LogP contribution in [0, 0.1) is 0 Å². The second-order valence-electron chi connectivity index (χ2n) is 4.44. The van der Waals surface area contributed by atoms with Gasteiger partial charge >= 0.3 is 0 Å². The van der Waals surface area contributed by atoms with Crippen LogP contribution in [0.15, 0.2) is 30.3 Å². The first kappa shape index (κ1) is 13.0. The second-order valence-corrected chi connectivity index (χ2v) is 4.44. The predicted molar refractivity (Wildman–Crippen MR) is 64.7 cm³/mol. The van der Waals surface area contributed by atoms with E-state index in [1.165, 1.54) is 0 Å². The summed E-state index contributed by atoms with van der Waals surface area (Å²) >= 11 is 0. The molecule has 5 heteroatoms. The van der Waals surface area contributed by atoms with Gasteiger partial charge < -0.3 is 10.0 Å². The largest absolute Gasteiger partial charge is 0.378 e. The molecule has 18 heavy (non-hydrogen) atoms. The van der Waals surface area contributed by atoms with Crippen molar-refractivity contribution in [3.63, 3.8) is 0 Å². The number of carbonyl (C=O) groups is 1. The van der Waals surface area contributed by atoms with E-state index in [0.717, 1.165) is 0 Å². The zero-order valence-electron chi connectivity index (χ0n) is 10.0. The SMILES string of the molecule is O=C(C(O)c1ccccc1)N1CCC(OO)CC1. The lowest BCUT2D eigenvalue weighted by molar-refractivity contribution is -0.285. The Morgan fingerprint density at radius 2 is 1.89 bits per heavy atom. The van der Waals surface area contributed by atoms with Crippen molar-refractivity contribution in [2.45, 2.75) is 25.0 Å². The van der Waals surface area contributed by atoms with Gasteiger partial charge in [0.05, 0.1) is 6.10 Å². The van der Waals surface area contributed by atoms with Crippen LogP contribution in [0.2, 0.25) is 0 Å². The summed E-state index contributed by atoms with van der Waals surface area (Å²) in [6, 6.07) is 8.87. The molecule has 1 aromatic rings.